The van der Waals surface area contributed by atoms with Gasteiger partial charge in [0.05, 0.1) is 6.10 Å². The number of hydrogen-bond donors (Lipinski definition) is 2. The van der Waals surface area contributed by atoms with E-state index in [1.54, 1.807) is 0 Å². The van der Waals surface area contributed by atoms with E-state index in [4.69, 9.17) is 0 Å². The second-order valence-electron chi connectivity index (χ2n) is 4.98. The van der Waals surface area contributed by atoms with Crippen LogP contribution >= 0.6 is 0 Å². The third kappa shape index (κ3) is 2.48. The van der Waals surface area contributed by atoms with Crippen LogP contribution in [0.2, 0.25) is 0 Å². The van der Waals surface area contributed by atoms with Crippen molar-refractivity contribution in [3.05, 3.63) is 0 Å². The molecule has 1 saturated carbocycles. The quantitative estimate of drug-likeness (QED) is 0.709. The number of rotatable bonds is 2. The summed E-state index contributed by atoms with van der Waals surface area (Å²) in [6, 6.07) is 0. The summed E-state index contributed by atoms with van der Waals surface area (Å²) in [5.41, 5.74) is 0. The van der Waals surface area contributed by atoms with Gasteiger partial charge in [0.2, 0.25) is 0 Å². The van der Waals surface area contributed by atoms with Crippen molar-refractivity contribution in [3.8, 4) is 0 Å². The van der Waals surface area contributed by atoms with E-state index in [9.17, 15) is 5.11 Å². The topological polar surface area (TPSA) is 32.3 Å². The Morgan fingerprint density at radius 3 is 2.07 bits per heavy atom. The summed E-state index contributed by atoms with van der Waals surface area (Å²) in [5.74, 6) is 1.20. The third-order valence-electron chi connectivity index (χ3n) is 4.00. The van der Waals surface area contributed by atoms with E-state index >= 15 is 0 Å². The molecule has 0 amide bonds. The van der Waals surface area contributed by atoms with E-state index in [0.29, 0.717) is 11.8 Å². The van der Waals surface area contributed by atoms with Crippen LogP contribution in [0, 0.1) is 11.8 Å². The summed E-state index contributed by atoms with van der Waals surface area (Å²) in [6.45, 7) is 2.21. The zero-order valence-electron chi connectivity index (χ0n) is 9.04. The van der Waals surface area contributed by atoms with Gasteiger partial charge in [-0.25, -0.2) is 0 Å². The first-order valence-corrected chi connectivity index (χ1v) is 6.26. The third-order valence-corrected chi connectivity index (χ3v) is 4.00. The van der Waals surface area contributed by atoms with Crippen molar-refractivity contribution in [2.45, 2.75) is 51.0 Å². The Labute approximate surface area is 87.1 Å². The molecule has 0 radical (unpaired) electrons. The molecular weight excluding hydrogens is 174 g/mol. The van der Waals surface area contributed by atoms with Gasteiger partial charge < -0.3 is 10.4 Å². The molecule has 2 nitrogen and oxygen atoms in total. The Balaban J connectivity index is 1.82. The van der Waals surface area contributed by atoms with Gasteiger partial charge in [-0.2, -0.15) is 0 Å². The molecule has 2 rings (SSSR count). The first kappa shape index (κ1) is 10.4. The van der Waals surface area contributed by atoms with Crippen LogP contribution in [0.3, 0.4) is 0 Å². The Morgan fingerprint density at radius 1 is 0.857 bits per heavy atom. The maximum Gasteiger partial charge on any atom is 0.0597 e. The van der Waals surface area contributed by atoms with Crippen molar-refractivity contribution in [3.63, 3.8) is 0 Å². The summed E-state index contributed by atoms with van der Waals surface area (Å²) in [4.78, 5) is 0. The minimum absolute atomic E-state index is 0.00241. The molecule has 1 saturated heterocycles. The summed E-state index contributed by atoms with van der Waals surface area (Å²) in [6.07, 6.45) is 8.96. The fourth-order valence-corrected chi connectivity index (χ4v) is 3.05. The van der Waals surface area contributed by atoms with Crippen LogP contribution in [0.1, 0.15) is 44.9 Å². The Hall–Kier alpha value is -0.0800. The maximum atomic E-state index is 10.3. The molecule has 1 atom stereocenters. The van der Waals surface area contributed by atoms with Gasteiger partial charge in [0.1, 0.15) is 0 Å². The molecule has 82 valence electrons. The number of aliphatic hydroxyl groups excluding tert-OH is 1. The molecule has 1 aliphatic heterocycles. The predicted octanol–water partition coefficient (Wildman–Crippen LogP) is 1.93. The van der Waals surface area contributed by atoms with Crippen LogP contribution in [0.4, 0.5) is 0 Å². The molecule has 2 heteroatoms. The van der Waals surface area contributed by atoms with Crippen molar-refractivity contribution < 1.29 is 5.11 Å². The smallest absolute Gasteiger partial charge is 0.0597 e. The molecule has 0 spiro atoms. The maximum absolute atomic E-state index is 10.3. The van der Waals surface area contributed by atoms with Gasteiger partial charge in [-0.1, -0.05) is 19.3 Å². The molecule has 2 N–H and O–H groups in total. The van der Waals surface area contributed by atoms with Crippen molar-refractivity contribution in [2.24, 2.45) is 11.8 Å². The highest BCUT2D eigenvalue weighted by Gasteiger charge is 2.29. The highest BCUT2D eigenvalue weighted by molar-refractivity contribution is 4.82. The van der Waals surface area contributed by atoms with E-state index in [-0.39, 0.29) is 6.10 Å². The molecule has 1 heterocycles. The molecule has 0 bridgehead atoms. The second kappa shape index (κ2) is 5.13. The summed E-state index contributed by atoms with van der Waals surface area (Å²) < 4.78 is 0. The molecule has 0 aromatic rings. The molecule has 1 unspecified atom stereocenters. The predicted molar refractivity (Wildman–Crippen MR) is 58.2 cm³/mol. The first-order chi connectivity index (χ1) is 6.88. The fraction of sp³-hybridized carbons (Fsp3) is 1.00. The van der Waals surface area contributed by atoms with Gasteiger partial charge in [-0.3, -0.25) is 0 Å². The summed E-state index contributed by atoms with van der Waals surface area (Å²) in [7, 11) is 0. The SMILES string of the molecule is OC(C1CCCCC1)C1CCNCC1. The van der Waals surface area contributed by atoms with Crippen LogP contribution < -0.4 is 5.32 Å². The van der Waals surface area contributed by atoms with E-state index in [2.05, 4.69) is 5.32 Å². The highest BCUT2D eigenvalue weighted by atomic mass is 16.3. The van der Waals surface area contributed by atoms with Crippen LogP contribution in [-0.2, 0) is 0 Å². The molecule has 1 aliphatic carbocycles. The largest absolute Gasteiger partial charge is 0.393 e. The lowest BCUT2D eigenvalue weighted by atomic mass is 9.78. The van der Waals surface area contributed by atoms with Gasteiger partial charge in [0.15, 0.2) is 0 Å². The average molecular weight is 197 g/mol. The standard InChI is InChI=1S/C12H23NO/c14-12(10-4-2-1-3-5-10)11-6-8-13-9-7-11/h10-14H,1-9H2. The lowest BCUT2D eigenvalue weighted by molar-refractivity contribution is 0.0213. The minimum atomic E-state index is -0.00241. The lowest BCUT2D eigenvalue weighted by Crippen LogP contribution is -2.38. The van der Waals surface area contributed by atoms with Gasteiger partial charge in [-0.05, 0) is 50.6 Å². The molecule has 14 heavy (non-hydrogen) atoms. The Morgan fingerprint density at radius 2 is 1.43 bits per heavy atom. The number of piperidine rings is 1. The average Bonchev–Trinajstić information content (AvgIpc) is 2.30. The van der Waals surface area contributed by atoms with E-state index in [0.717, 1.165) is 13.1 Å². The van der Waals surface area contributed by atoms with Crippen molar-refractivity contribution in [2.75, 3.05) is 13.1 Å². The van der Waals surface area contributed by atoms with E-state index in [1.165, 1.54) is 44.9 Å². The van der Waals surface area contributed by atoms with Crippen molar-refractivity contribution in [1.29, 1.82) is 0 Å². The van der Waals surface area contributed by atoms with Gasteiger partial charge in [0.25, 0.3) is 0 Å². The van der Waals surface area contributed by atoms with Crippen molar-refractivity contribution >= 4 is 0 Å². The molecular formula is C12H23NO. The number of nitrogens with one attached hydrogen (secondary N) is 1. The van der Waals surface area contributed by atoms with E-state index < -0.39 is 0 Å². The summed E-state index contributed by atoms with van der Waals surface area (Å²) in [5, 5.41) is 13.6. The monoisotopic (exact) mass is 197 g/mol. The number of aliphatic hydroxyl groups is 1. The first-order valence-electron chi connectivity index (χ1n) is 6.26. The zero-order valence-corrected chi connectivity index (χ0v) is 9.04. The van der Waals surface area contributed by atoms with Crippen molar-refractivity contribution in [1.82, 2.24) is 5.32 Å². The van der Waals surface area contributed by atoms with E-state index in [1.807, 2.05) is 0 Å². The molecule has 2 aliphatic rings. The summed E-state index contributed by atoms with van der Waals surface area (Å²) >= 11 is 0. The van der Waals surface area contributed by atoms with Crippen LogP contribution in [0.25, 0.3) is 0 Å². The van der Waals surface area contributed by atoms with Gasteiger partial charge in [0, 0.05) is 0 Å². The van der Waals surface area contributed by atoms with Crippen LogP contribution in [-0.4, -0.2) is 24.3 Å². The number of hydrogen-bond acceptors (Lipinski definition) is 2. The van der Waals surface area contributed by atoms with Crippen LogP contribution in [0.5, 0.6) is 0 Å². The Kier molecular flexibility index (Phi) is 3.82. The minimum Gasteiger partial charge on any atom is -0.393 e. The van der Waals surface area contributed by atoms with Gasteiger partial charge >= 0.3 is 0 Å². The lowest BCUT2D eigenvalue weighted by Gasteiger charge is -2.34. The molecule has 0 aromatic carbocycles. The highest BCUT2D eigenvalue weighted by Crippen LogP contribution is 2.32. The second-order valence-corrected chi connectivity index (χ2v) is 4.98. The van der Waals surface area contributed by atoms with Gasteiger partial charge in [-0.15, -0.1) is 0 Å². The fourth-order valence-electron chi connectivity index (χ4n) is 3.05. The van der Waals surface area contributed by atoms with Crippen LogP contribution in [0.15, 0.2) is 0 Å². The normalized spacial score (nSPS) is 28.9. The molecule has 0 aromatic heterocycles. The zero-order chi connectivity index (χ0) is 9.80. The Bertz CT molecular complexity index is 142. The molecule has 2 fully saturated rings.